The molecule has 1 aromatic carbocycles. The molecule has 2 aliphatic heterocycles. The van der Waals surface area contributed by atoms with Crippen molar-refractivity contribution in [2.45, 2.75) is 11.3 Å². The number of aliphatic imine (C=N–C) groups is 1. The minimum Gasteiger partial charge on any atom is -0.368 e. The summed E-state index contributed by atoms with van der Waals surface area (Å²) in [5, 5.41) is 0. The van der Waals surface area contributed by atoms with E-state index in [4.69, 9.17) is 0 Å². The van der Waals surface area contributed by atoms with Gasteiger partial charge in [-0.05, 0) is 24.3 Å². The molecule has 146 valence electrons. The number of carbonyl (C=O) groups excluding carboxylic acids is 1. The second kappa shape index (κ2) is 7.59. The molecular formula is C19H21N5O3S. The third-order valence-corrected chi connectivity index (χ3v) is 6.32. The highest BCUT2D eigenvalue weighted by Crippen LogP contribution is 2.22. The number of anilines is 1. The van der Waals surface area contributed by atoms with Crippen LogP contribution in [0.4, 0.5) is 5.69 Å². The minimum atomic E-state index is -3.54. The van der Waals surface area contributed by atoms with E-state index in [0.29, 0.717) is 24.5 Å². The highest BCUT2D eigenvalue weighted by molar-refractivity contribution is 7.90. The van der Waals surface area contributed by atoms with Crippen LogP contribution in [-0.2, 0) is 14.8 Å². The number of sulfonamides is 1. The van der Waals surface area contributed by atoms with Gasteiger partial charge in [0.1, 0.15) is 5.84 Å². The predicted molar refractivity (Wildman–Crippen MR) is 106 cm³/mol. The zero-order valence-corrected chi connectivity index (χ0v) is 16.1. The van der Waals surface area contributed by atoms with Gasteiger partial charge in [0.2, 0.25) is 5.91 Å². The number of hydrogen-bond donors (Lipinski definition) is 1. The van der Waals surface area contributed by atoms with Crippen molar-refractivity contribution in [1.82, 2.24) is 14.6 Å². The first-order chi connectivity index (χ1) is 13.5. The zero-order valence-electron chi connectivity index (χ0n) is 15.3. The van der Waals surface area contributed by atoms with Gasteiger partial charge >= 0.3 is 0 Å². The molecule has 0 saturated carbocycles. The summed E-state index contributed by atoms with van der Waals surface area (Å²) in [4.78, 5) is 25.1. The first-order valence-electron chi connectivity index (χ1n) is 9.14. The number of aromatic nitrogens is 1. The van der Waals surface area contributed by atoms with Crippen LogP contribution >= 0.6 is 0 Å². The summed E-state index contributed by atoms with van der Waals surface area (Å²) in [7, 11) is -3.54. The van der Waals surface area contributed by atoms with Crippen LogP contribution in [-0.4, -0.2) is 62.8 Å². The number of benzene rings is 1. The average Bonchev–Trinajstić information content (AvgIpc) is 2.99. The molecule has 1 N–H and O–H groups in total. The highest BCUT2D eigenvalue weighted by Gasteiger charge is 2.30. The van der Waals surface area contributed by atoms with E-state index in [-0.39, 0.29) is 23.8 Å². The number of nitrogens with one attached hydrogen (secondary N) is 1. The molecule has 8 nitrogen and oxygen atoms in total. The third-order valence-electron chi connectivity index (χ3n) is 4.92. The number of amidine groups is 1. The number of fused-ring (bicyclic) bond motifs is 1. The van der Waals surface area contributed by atoms with Crippen molar-refractivity contribution >= 4 is 27.5 Å². The molecule has 2 aromatic rings. The Morgan fingerprint density at radius 1 is 1.07 bits per heavy atom. The zero-order chi connectivity index (χ0) is 19.6. The molecule has 0 unspecified atom stereocenters. The van der Waals surface area contributed by atoms with E-state index < -0.39 is 10.0 Å². The van der Waals surface area contributed by atoms with E-state index in [2.05, 4.69) is 19.6 Å². The molecule has 4 rings (SSSR count). The van der Waals surface area contributed by atoms with Gasteiger partial charge in [0.15, 0.2) is 0 Å². The summed E-state index contributed by atoms with van der Waals surface area (Å²) in [6.07, 6.45) is 3.78. The van der Waals surface area contributed by atoms with Crippen molar-refractivity contribution in [3.8, 4) is 0 Å². The fraction of sp³-hybridized carbons (Fsp3) is 0.316. The normalized spacial score (nSPS) is 19.4. The maximum absolute atomic E-state index is 12.5. The first-order valence-corrected chi connectivity index (χ1v) is 10.6. The molecule has 1 fully saturated rings. The van der Waals surface area contributed by atoms with E-state index in [1.54, 1.807) is 36.7 Å². The highest BCUT2D eigenvalue weighted by atomic mass is 32.2. The van der Waals surface area contributed by atoms with Crippen LogP contribution in [0.15, 0.2) is 58.7 Å². The second-order valence-electron chi connectivity index (χ2n) is 6.66. The molecule has 0 atom stereocenters. The largest absolute Gasteiger partial charge is 0.368 e. The number of pyridine rings is 1. The number of nitrogens with zero attached hydrogens (tertiary/aromatic N) is 4. The molecule has 2 aliphatic rings. The number of carbonyl (C=O) groups is 1. The lowest BCUT2D eigenvalue weighted by Gasteiger charge is -2.36. The van der Waals surface area contributed by atoms with Crippen LogP contribution < -0.4 is 9.62 Å². The van der Waals surface area contributed by atoms with Crippen molar-refractivity contribution in [3.05, 3.63) is 54.4 Å². The van der Waals surface area contributed by atoms with Crippen LogP contribution in [0.2, 0.25) is 0 Å². The molecule has 1 amide bonds. The standard InChI is InChI=1S/C19H21N5O3S/c25-18(24-13-11-23(12-14-24)15-5-8-20-9-6-15)7-10-21-19-16-3-1-2-4-17(16)28(26,27)22-19/h1-6,8-9H,7,10-14H2,(H,21,22). The Bertz CT molecular complexity index is 999. The lowest BCUT2D eigenvalue weighted by molar-refractivity contribution is -0.131. The Balaban J connectivity index is 1.32. The fourth-order valence-electron chi connectivity index (χ4n) is 3.44. The van der Waals surface area contributed by atoms with E-state index in [0.717, 1.165) is 18.8 Å². The third kappa shape index (κ3) is 3.70. The minimum absolute atomic E-state index is 0.0351. The van der Waals surface area contributed by atoms with Crippen molar-refractivity contribution in [1.29, 1.82) is 0 Å². The van der Waals surface area contributed by atoms with Crippen molar-refractivity contribution in [2.75, 3.05) is 37.6 Å². The van der Waals surface area contributed by atoms with Gasteiger partial charge in [-0.2, -0.15) is 0 Å². The molecule has 28 heavy (non-hydrogen) atoms. The van der Waals surface area contributed by atoms with E-state index >= 15 is 0 Å². The summed E-state index contributed by atoms with van der Waals surface area (Å²) in [6.45, 7) is 3.12. The molecule has 0 spiro atoms. The molecule has 0 radical (unpaired) electrons. The van der Waals surface area contributed by atoms with Gasteiger partial charge in [-0.1, -0.05) is 12.1 Å². The maximum atomic E-state index is 12.5. The van der Waals surface area contributed by atoms with Gasteiger partial charge < -0.3 is 9.80 Å². The van der Waals surface area contributed by atoms with Crippen LogP contribution in [0, 0.1) is 0 Å². The average molecular weight is 399 g/mol. The van der Waals surface area contributed by atoms with Crippen molar-refractivity contribution < 1.29 is 13.2 Å². The van der Waals surface area contributed by atoms with Crippen LogP contribution in [0.1, 0.15) is 12.0 Å². The molecule has 9 heteroatoms. The number of rotatable bonds is 4. The van der Waals surface area contributed by atoms with Gasteiger partial charge in [-0.25, -0.2) is 8.42 Å². The topological polar surface area (TPSA) is 95.0 Å². The molecule has 3 heterocycles. The van der Waals surface area contributed by atoms with E-state index in [9.17, 15) is 13.2 Å². The van der Waals surface area contributed by atoms with Gasteiger partial charge in [0, 0.05) is 56.2 Å². The Labute approximate surface area is 164 Å². The first kappa shape index (κ1) is 18.4. The summed E-state index contributed by atoms with van der Waals surface area (Å²) < 4.78 is 26.6. The predicted octanol–water partition coefficient (Wildman–Crippen LogP) is 0.859. The lowest BCUT2D eigenvalue weighted by atomic mass is 10.2. The second-order valence-corrected chi connectivity index (χ2v) is 8.31. The maximum Gasteiger partial charge on any atom is 0.263 e. The Morgan fingerprint density at radius 2 is 1.79 bits per heavy atom. The van der Waals surface area contributed by atoms with Crippen molar-refractivity contribution in [3.63, 3.8) is 0 Å². The number of hydrogen-bond acceptors (Lipinski definition) is 6. The summed E-state index contributed by atoms with van der Waals surface area (Å²) >= 11 is 0. The van der Waals surface area contributed by atoms with Crippen LogP contribution in [0.5, 0.6) is 0 Å². The molecule has 0 aliphatic carbocycles. The van der Waals surface area contributed by atoms with Crippen LogP contribution in [0.25, 0.3) is 0 Å². The van der Waals surface area contributed by atoms with Gasteiger partial charge in [-0.15, -0.1) is 0 Å². The van der Waals surface area contributed by atoms with E-state index in [1.807, 2.05) is 17.0 Å². The van der Waals surface area contributed by atoms with E-state index in [1.165, 1.54) is 0 Å². The molecule has 1 aromatic heterocycles. The Morgan fingerprint density at radius 3 is 2.54 bits per heavy atom. The fourth-order valence-corrected chi connectivity index (χ4v) is 4.69. The smallest absolute Gasteiger partial charge is 0.263 e. The summed E-state index contributed by atoms with van der Waals surface area (Å²) in [6, 6.07) is 10.6. The molecule has 1 saturated heterocycles. The number of piperazine rings is 1. The SMILES string of the molecule is O=C(CCN=C1NS(=O)(=O)c2ccccc21)N1CCN(c2ccncc2)CC1. The van der Waals surface area contributed by atoms with Gasteiger partial charge in [0.05, 0.1) is 11.4 Å². The quantitative estimate of drug-likeness (QED) is 0.823. The summed E-state index contributed by atoms with van der Waals surface area (Å²) in [5.41, 5.74) is 1.67. The summed E-state index contributed by atoms with van der Waals surface area (Å²) in [5.74, 6) is 0.346. The molecule has 0 bridgehead atoms. The Hall–Kier alpha value is -2.94. The lowest BCUT2D eigenvalue weighted by Crippen LogP contribution is -2.48. The number of amides is 1. The molecular weight excluding hydrogens is 378 g/mol. The van der Waals surface area contributed by atoms with Gasteiger partial charge in [0.25, 0.3) is 10.0 Å². The van der Waals surface area contributed by atoms with Gasteiger partial charge in [-0.3, -0.25) is 19.5 Å². The monoisotopic (exact) mass is 399 g/mol. The van der Waals surface area contributed by atoms with Crippen molar-refractivity contribution in [2.24, 2.45) is 4.99 Å². The van der Waals surface area contributed by atoms with Crippen LogP contribution in [0.3, 0.4) is 0 Å². The Kier molecular flexibility index (Phi) is 4.99.